The maximum absolute atomic E-state index is 12.9. The highest BCUT2D eigenvalue weighted by molar-refractivity contribution is 6.10. The number of anilines is 1. The van der Waals surface area contributed by atoms with Crippen LogP contribution in [0.4, 0.5) is 5.82 Å². The van der Waals surface area contributed by atoms with Crippen molar-refractivity contribution in [1.29, 1.82) is 0 Å². The van der Waals surface area contributed by atoms with Crippen molar-refractivity contribution in [2.75, 3.05) is 11.9 Å². The molecule has 8 nitrogen and oxygen atoms in total. The van der Waals surface area contributed by atoms with E-state index in [-0.39, 0.29) is 11.8 Å². The van der Waals surface area contributed by atoms with Gasteiger partial charge in [-0.15, -0.1) is 10.2 Å². The molecule has 0 radical (unpaired) electrons. The van der Waals surface area contributed by atoms with Gasteiger partial charge >= 0.3 is 5.97 Å². The highest BCUT2D eigenvalue weighted by Gasteiger charge is 2.17. The summed E-state index contributed by atoms with van der Waals surface area (Å²) in [5.41, 5.74) is 2.94. The van der Waals surface area contributed by atoms with Crippen molar-refractivity contribution in [2.45, 2.75) is 59.0 Å². The van der Waals surface area contributed by atoms with E-state index >= 15 is 0 Å². The third-order valence-corrected chi connectivity index (χ3v) is 5.55. The molecule has 0 aliphatic rings. The Morgan fingerprint density at radius 1 is 0.971 bits per heavy atom. The molecular formula is C27H31N5O3. The van der Waals surface area contributed by atoms with Gasteiger partial charge in [-0.3, -0.25) is 14.0 Å². The quantitative estimate of drug-likeness (QED) is 0.204. The van der Waals surface area contributed by atoms with E-state index in [1.807, 2.05) is 80.6 Å². The summed E-state index contributed by atoms with van der Waals surface area (Å²) in [4.78, 5) is 29.6. The van der Waals surface area contributed by atoms with Crippen LogP contribution in [0.5, 0.6) is 0 Å². The Hall–Kier alpha value is -3.81. The number of hydrogen-bond acceptors (Lipinski definition) is 7. The fourth-order valence-electron chi connectivity index (χ4n) is 3.96. The van der Waals surface area contributed by atoms with Crippen LogP contribution in [0.15, 0.2) is 48.5 Å². The van der Waals surface area contributed by atoms with Gasteiger partial charge in [0.25, 0.3) is 0 Å². The highest BCUT2D eigenvalue weighted by atomic mass is 16.6. The van der Waals surface area contributed by atoms with E-state index in [0.29, 0.717) is 41.1 Å². The van der Waals surface area contributed by atoms with Crippen molar-refractivity contribution in [3.8, 4) is 0 Å². The summed E-state index contributed by atoms with van der Waals surface area (Å²) in [6.07, 6.45) is 2.94. The summed E-state index contributed by atoms with van der Waals surface area (Å²) in [5, 5.41) is 11.9. The van der Waals surface area contributed by atoms with Gasteiger partial charge in [-0.1, -0.05) is 36.8 Å². The van der Waals surface area contributed by atoms with Crippen molar-refractivity contribution in [3.63, 3.8) is 0 Å². The number of hydrogen-bond donors (Lipinski definition) is 1. The van der Waals surface area contributed by atoms with Crippen molar-refractivity contribution < 1.29 is 14.3 Å². The van der Waals surface area contributed by atoms with Gasteiger partial charge in [-0.25, -0.2) is 4.98 Å². The van der Waals surface area contributed by atoms with E-state index in [1.54, 1.807) is 0 Å². The Morgan fingerprint density at radius 2 is 1.74 bits per heavy atom. The number of nitrogens with one attached hydrogen (secondary N) is 1. The number of unbranched alkanes of at least 4 members (excludes halogenated alkanes) is 2. The number of carbonyl (C=O) groups is 2. The molecule has 0 amide bonds. The zero-order valence-electron chi connectivity index (χ0n) is 20.7. The molecule has 0 fully saturated rings. The summed E-state index contributed by atoms with van der Waals surface area (Å²) >= 11 is 0. The maximum atomic E-state index is 12.9. The molecule has 0 bridgehead atoms. The first kappa shape index (κ1) is 24.3. The highest BCUT2D eigenvalue weighted by Crippen LogP contribution is 2.24. The van der Waals surface area contributed by atoms with Crippen LogP contribution in [0.2, 0.25) is 0 Å². The first-order valence-corrected chi connectivity index (χ1v) is 11.9. The lowest BCUT2D eigenvalue weighted by Gasteiger charge is -2.19. The molecule has 2 heterocycles. The van der Waals surface area contributed by atoms with Gasteiger partial charge in [-0.2, -0.15) is 0 Å². The minimum absolute atomic E-state index is 0.0469. The van der Waals surface area contributed by atoms with Crippen LogP contribution in [-0.2, 0) is 9.53 Å². The molecule has 4 aromatic rings. The van der Waals surface area contributed by atoms with Gasteiger partial charge in [0.05, 0.1) is 11.0 Å². The zero-order valence-corrected chi connectivity index (χ0v) is 20.7. The van der Waals surface area contributed by atoms with E-state index in [2.05, 4.69) is 15.5 Å². The van der Waals surface area contributed by atoms with Crippen LogP contribution in [-0.4, -0.2) is 43.5 Å². The van der Waals surface area contributed by atoms with Crippen molar-refractivity contribution in [2.24, 2.45) is 0 Å². The molecule has 35 heavy (non-hydrogen) atoms. The Kier molecular flexibility index (Phi) is 7.10. The Balaban J connectivity index is 1.47. The summed E-state index contributed by atoms with van der Waals surface area (Å²) in [5.74, 6) is 1.15. The smallest absolute Gasteiger partial charge is 0.306 e. The molecule has 4 rings (SSSR count). The van der Waals surface area contributed by atoms with Crippen molar-refractivity contribution >= 4 is 34.3 Å². The normalized spacial score (nSPS) is 11.7. The minimum atomic E-state index is -0.451. The molecule has 182 valence electrons. The lowest BCUT2D eigenvalue weighted by Crippen LogP contribution is -2.23. The van der Waals surface area contributed by atoms with E-state index in [9.17, 15) is 9.59 Å². The monoisotopic (exact) mass is 473 g/mol. The van der Waals surface area contributed by atoms with E-state index in [4.69, 9.17) is 9.72 Å². The standard InChI is InChI=1S/C27H31N5O3/c1-18-30-31-26-25(28-16-10-6-9-13-23(33)35-27(2,3)4)29-21-17-20(14-15-22(21)32(18)26)24(34)19-11-7-5-8-12-19/h5,7-8,11-12,14-15,17H,6,9-10,13,16H2,1-4H3,(H,28,29). The number of esters is 1. The van der Waals surface area contributed by atoms with Gasteiger partial charge in [0.2, 0.25) is 5.65 Å². The third-order valence-electron chi connectivity index (χ3n) is 5.55. The summed E-state index contributed by atoms with van der Waals surface area (Å²) in [6.45, 7) is 8.19. The number of aryl methyl sites for hydroxylation is 1. The van der Waals surface area contributed by atoms with Crippen LogP contribution >= 0.6 is 0 Å². The maximum Gasteiger partial charge on any atom is 0.306 e. The van der Waals surface area contributed by atoms with Crippen LogP contribution in [0, 0.1) is 6.92 Å². The average Bonchev–Trinajstić information content (AvgIpc) is 3.21. The van der Waals surface area contributed by atoms with Gasteiger partial charge in [0, 0.05) is 24.1 Å². The molecule has 2 aromatic carbocycles. The zero-order chi connectivity index (χ0) is 25.0. The topological polar surface area (TPSA) is 98.5 Å². The predicted molar refractivity (Wildman–Crippen MR) is 136 cm³/mol. The Morgan fingerprint density at radius 3 is 2.49 bits per heavy atom. The van der Waals surface area contributed by atoms with E-state index in [0.717, 1.165) is 30.6 Å². The SMILES string of the molecule is Cc1nnc2c(NCCCCCC(=O)OC(C)(C)C)nc3cc(C(=O)c4ccccc4)ccc3n12. The van der Waals surface area contributed by atoms with Crippen LogP contribution in [0.3, 0.4) is 0 Å². The number of ether oxygens (including phenoxy) is 1. The van der Waals surface area contributed by atoms with Crippen LogP contribution in [0.1, 0.15) is 68.2 Å². The van der Waals surface area contributed by atoms with Crippen LogP contribution < -0.4 is 5.32 Å². The summed E-state index contributed by atoms with van der Waals surface area (Å²) < 4.78 is 7.30. The molecule has 8 heteroatoms. The number of aromatic nitrogens is 4. The van der Waals surface area contributed by atoms with E-state index in [1.165, 1.54) is 0 Å². The Labute approximate surface area is 204 Å². The molecule has 0 saturated carbocycles. The molecule has 0 aliphatic heterocycles. The molecule has 0 spiro atoms. The lowest BCUT2D eigenvalue weighted by molar-refractivity contribution is -0.154. The number of nitrogens with zero attached hydrogens (tertiary/aromatic N) is 4. The largest absolute Gasteiger partial charge is 0.460 e. The second-order valence-electron chi connectivity index (χ2n) is 9.59. The minimum Gasteiger partial charge on any atom is -0.460 e. The summed E-state index contributed by atoms with van der Waals surface area (Å²) in [6, 6.07) is 14.7. The van der Waals surface area contributed by atoms with Gasteiger partial charge in [-0.05, 0) is 58.7 Å². The van der Waals surface area contributed by atoms with Gasteiger partial charge in [0.15, 0.2) is 11.6 Å². The van der Waals surface area contributed by atoms with E-state index < -0.39 is 5.60 Å². The number of benzene rings is 2. The fraction of sp³-hybridized carbons (Fsp3) is 0.370. The fourth-order valence-corrected chi connectivity index (χ4v) is 3.96. The first-order valence-electron chi connectivity index (χ1n) is 11.9. The summed E-state index contributed by atoms with van der Waals surface area (Å²) in [7, 11) is 0. The second kappa shape index (κ2) is 10.2. The number of fused-ring (bicyclic) bond motifs is 3. The molecule has 1 N–H and O–H groups in total. The third kappa shape index (κ3) is 5.82. The number of ketones is 1. The molecular weight excluding hydrogens is 442 g/mol. The predicted octanol–water partition coefficient (Wildman–Crippen LogP) is 5.13. The second-order valence-corrected chi connectivity index (χ2v) is 9.59. The lowest BCUT2D eigenvalue weighted by atomic mass is 10.0. The first-order chi connectivity index (χ1) is 16.7. The van der Waals surface area contributed by atoms with Gasteiger partial charge < -0.3 is 10.1 Å². The van der Waals surface area contributed by atoms with Crippen molar-refractivity contribution in [3.05, 3.63) is 65.5 Å². The Bertz CT molecular complexity index is 1360. The van der Waals surface area contributed by atoms with Crippen LogP contribution in [0.25, 0.3) is 16.7 Å². The molecule has 2 aromatic heterocycles. The van der Waals surface area contributed by atoms with Gasteiger partial charge in [0.1, 0.15) is 11.4 Å². The van der Waals surface area contributed by atoms with Crippen molar-refractivity contribution in [1.82, 2.24) is 19.6 Å². The molecule has 0 saturated heterocycles. The number of carbonyl (C=O) groups excluding carboxylic acids is 2. The number of rotatable bonds is 9. The average molecular weight is 474 g/mol. The molecule has 0 unspecified atom stereocenters. The molecule has 0 aliphatic carbocycles. The molecule has 0 atom stereocenters.